The summed E-state index contributed by atoms with van der Waals surface area (Å²) in [6.07, 6.45) is -0.207. The monoisotopic (exact) mass is 303 g/mol. The Kier molecular flexibility index (Phi) is 3.94. The Morgan fingerprint density at radius 2 is 2.00 bits per heavy atom. The van der Waals surface area contributed by atoms with Crippen LogP contribution in [-0.4, -0.2) is 54.2 Å². The predicted octanol–water partition coefficient (Wildman–Crippen LogP) is 1.75. The number of fused-ring (bicyclic) bond motifs is 1. The van der Waals surface area contributed by atoms with Crippen LogP contribution in [0, 0.1) is 5.82 Å². The zero-order chi connectivity index (χ0) is 15.7. The molecule has 3 rings (SSSR count). The van der Waals surface area contributed by atoms with Crippen molar-refractivity contribution in [3.8, 4) is 0 Å². The van der Waals surface area contributed by atoms with Crippen LogP contribution in [0.15, 0.2) is 24.3 Å². The number of rotatable bonds is 3. The summed E-state index contributed by atoms with van der Waals surface area (Å²) in [6.45, 7) is 3.58. The number of aromatic nitrogens is 1. The van der Waals surface area contributed by atoms with E-state index < -0.39 is 5.97 Å². The molecule has 0 atom stereocenters. The summed E-state index contributed by atoms with van der Waals surface area (Å²) in [5.41, 5.74) is 0.415. The zero-order valence-corrected chi connectivity index (χ0v) is 12.4. The van der Waals surface area contributed by atoms with E-state index in [1.165, 1.54) is 12.1 Å². The largest absolute Gasteiger partial charge is 0.481 e. The number of carboxylic acid groups (broad SMARTS) is 1. The van der Waals surface area contributed by atoms with E-state index >= 15 is 0 Å². The molecule has 1 aromatic heterocycles. The fraction of sp³-hybridized carbons (Fsp3) is 0.375. The molecule has 1 fully saturated rings. The number of carbonyl (C=O) groups is 1. The summed E-state index contributed by atoms with van der Waals surface area (Å²) >= 11 is 0. The van der Waals surface area contributed by atoms with Gasteiger partial charge in [0.25, 0.3) is 0 Å². The highest BCUT2D eigenvalue weighted by Gasteiger charge is 2.18. The second kappa shape index (κ2) is 5.88. The normalized spacial score (nSPS) is 16.2. The van der Waals surface area contributed by atoms with Crippen molar-refractivity contribution >= 4 is 22.6 Å². The molecule has 1 aliphatic rings. The van der Waals surface area contributed by atoms with E-state index in [-0.39, 0.29) is 12.2 Å². The molecule has 5 nitrogen and oxygen atoms in total. The third kappa shape index (κ3) is 3.01. The number of halogens is 1. The average molecular weight is 303 g/mol. The molecule has 1 N–H and O–H groups in total. The third-order valence-electron chi connectivity index (χ3n) is 4.01. The number of benzene rings is 1. The Bertz CT molecular complexity index is 712. The van der Waals surface area contributed by atoms with Gasteiger partial charge in [0.1, 0.15) is 11.6 Å². The Labute approximate surface area is 128 Å². The number of hydrogen-bond acceptors (Lipinski definition) is 4. The molecule has 0 amide bonds. The van der Waals surface area contributed by atoms with Crippen LogP contribution >= 0.6 is 0 Å². The van der Waals surface area contributed by atoms with Crippen LogP contribution in [0.3, 0.4) is 0 Å². The van der Waals surface area contributed by atoms with Gasteiger partial charge in [-0.3, -0.25) is 4.79 Å². The second-order valence-corrected chi connectivity index (χ2v) is 5.65. The highest BCUT2D eigenvalue weighted by Crippen LogP contribution is 2.25. The van der Waals surface area contributed by atoms with Gasteiger partial charge in [-0.2, -0.15) is 0 Å². The van der Waals surface area contributed by atoms with Gasteiger partial charge in [-0.1, -0.05) is 6.07 Å². The first kappa shape index (κ1) is 14.7. The number of nitrogens with zero attached hydrogens (tertiary/aromatic N) is 3. The van der Waals surface area contributed by atoms with E-state index in [0.29, 0.717) is 11.1 Å². The molecule has 0 aliphatic carbocycles. The molecule has 1 aliphatic heterocycles. The highest BCUT2D eigenvalue weighted by molar-refractivity contribution is 5.89. The van der Waals surface area contributed by atoms with Gasteiger partial charge in [-0.15, -0.1) is 0 Å². The van der Waals surface area contributed by atoms with Crippen molar-refractivity contribution in [2.75, 3.05) is 38.1 Å². The smallest absolute Gasteiger partial charge is 0.309 e. The molecule has 0 bridgehead atoms. The molecule has 0 unspecified atom stereocenters. The van der Waals surface area contributed by atoms with Crippen molar-refractivity contribution in [2.45, 2.75) is 6.42 Å². The quantitative estimate of drug-likeness (QED) is 0.936. The average Bonchev–Trinajstić information content (AvgIpc) is 2.48. The summed E-state index contributed by atoms with van der Waals surface area (Å²) < 4.78 is 13.5. The van der Waals surface area contributed by atoms with E-state index in [9.17, 15) is 9.18 Å². The van der Waals surface area contributed by atoms with Gasteiger partial charge in [-0.25, -0.2) is 9.37 Å². The van der Waals surface area contributed by atoms with Gasteiger partial charge < -0.3 is 14.9 Å². The standard InChI is InChI=1S/C16H18FN3O2/c1-19-4-6-20(7-5-19)15-8-11-2-3-12(17)9-13(11)14(18-15)10-16(21)22/h2-3,8-9H,4-7,10H2,1H3,(H,21,22). The molecule has 1 saturated heterocycles. The SMILES string of the molecule is CN1CCN(c2cc3ccc(F)cc3c(CC(=O)O)n2)CC1. The molecule has 0 saturated carbocycles. The van der Waals surface area contributed by atoms with Crippen LogP contribution in [0.2, 0.25) is 0 Å². The summed E-state index contributed by atoms with van der Waals surface area (Å²) in [6, 6.07) is 6.33. The van der Waals surface area contributed by atoms with Crippen molar-refractivity contribution in [3.63, 3.8) is 0 Å². The third-order valence-corrected chi connectivity index (χ3v) is 4.01. The van der Waals surface area contributed by atoms with Crippen LogP contribution in [0.4, 0.5) is 10.2 Å². The maximum absolute atomic E-state index is 13.5. The number of likely N-dealkylation sites (N-methyl/N-ethyl adjacent to an activating group) is 1. The minimum absolute atomic E-state index is 0.207. The summed E-state index contributed by atoms with van der Waals surface area (Å²) in [7, 11) is 2.07. The van der Waals surface area contributed by atoms with Crippen molar-refractivity contribution in [2.24, 2.45) is 0 Å². The number of piperazine rings is 1. The van der Waals surface area contributed by atoms with Gasteiger partial charge >= 0.3 is 5.97 Å². The minimum Gasteiger partial charge on any atom is -0.481 e. The number of pyridine rings is 1. The highest BCUT2D eigenvalue weighted by atomic mass is 19.1. The molecule has 0 spiro atoms. The molecule has 116 valence electrons. The first-order chi connectivity index (χ1) is 10.5. The Morgan fingerprint density at radius 1 is 1.27 bits per heavy atom. The minimum atomic E-state index is -0.964. The van der Waals surface area contributed by atoms with E-state index in [0.717, 1.165) is 37.4 Å². The Balaban J connectivity index is 2.04. The molecule has 1 aromatic carbocycles. The fourth-order valence-electron chi connectivity index (χ4n) is 2.75. The lowest BCUT2D eigenvalue weighted by atomic mass is 10.1. The van der Waals surface area contributed by atoms with Crippen LogP contribution in [0.25, 0.3) is 10.8 Å². The number of carboxylic acids is 1. The Morgan fingerprint density at radius 3 is 2.68 bits per heavy atom. The summed E-state index contributed by atoms with van der Waals surface area (Å²) in [5, 5.41) is 10.5. The number of anilines is 1. The topological polar surface area (TPSA) is 56.7 Å². The van der Waals surface area contributed by atoms with Crippen molar-refractivity contribution in [3.05, 3.63) is 35.8 Å². The van der Waals surface area contributed by atoms with Gasteiger partial charge in [0.05, 0.1) is 12.1 Å². The van der Waals surface area contributed by atoms with E-state index in [2.05, 4.69) is 21.8 Å². The van der Waals surface area contributed by atoms with Gasteiger partial charge in [0, 0.05) is 31.6 Å². The first-order valence-electron chi connectivity index (χ1n) is 7.27. The van der Waals surface area contributed by atoms with Gasteiger partial charge in [0.15, 0.2) is 0 Å². The van der Waals surface area contributed by atoms with Gasteiger partial charge in [-0.05, 0) is 30.6 Å². The zero-order valence-electron chi connectivity index (χ0n) is 12.4. The molecule has 2 aromatic rings. The van der Waals surface area contributed by atoms with E-state index in [1.807, 2.05) is 6.07 Å². The van der Waals surface area contributed by atoms with E-state index in [1.54, 1.807) is 6.07 Å². The molecule has 22 heavy (non-hydrogen) atoms. The Hall–Kier alpha value is -2.21. The van der Waals surface area contributed by atoms with Crippen LogP contribution in [0.5, 0.6) is 0 Å². The number of hydrogen-bond donors (Lipinski definition) is 1. The lowest BCUT2D eigenvalue weighted by Crippen LogP contribution is -2.44. The maximum atomic E-state index is 13.5. The first-order valence-corrected chi connectivity index (χ1v) is 7.27. The van der Waals surface area contributed by atoms with Crippen LogP contribution < -0.4 is 4.90 Å². The van der Waals surface area contributed by atoms with Crippen LogP contribution in [-0.2, 0) is 11.2 Å². The predicted molar refractivity (Wildman–Crippen MR) is 82.8 cm³/mol. The fourth-order valence-corrected chi connectivity index (χ4v) is 2.75. The molecule has 6 heteroatoms. The van der Waals surface area contributed by atoms with Gasteiger partial charge in [0.2, 0.25) is 0 Å². The van der Waals surface area contributed by atoms with Crippen molar-refractivity contribution in [1.82, 2.24) is 9.88 Å². The maximum Gasteiger partial charge on any atom is 0.309 e. The molecular formula is C16H18FN3O2. The molecule has 2 heterocycles. The van der Waals surface area contributed by atoms with Crippen LogP contribution in [0.1, 0.15) is 5.69 Å². The number of aliphatic carboxylic acids is 1. The lowest BCUT2D eigenvalue weighted by Gasteiger charge is -2.33. The second-order valence-electron chi connectivity index (χ2n) is 5.65. The molecular weight excluding hydrogens is 285 g/mol. The summed E-state index contributed by atoms with van der Waals surface area (Å²) in [4.78, 5) is 20.0. The van der Waals surface area contributed by atoms with Crippen molar-refractivity contribution in [1.29, 1.82) is 0 Å². The molecule has 0 radical (unpaired) electrons. The van der Waals surface area contributed by atoms with E-state index in [4.69, 9.17) is 5.11 Å². The summed E-state index contributed by atoms with van der Waals surface area (Å²) in [5.74, 6) is -0.578. The lowest BCUT2D eigenvalue weighted by molar-refractivity contribution is -0.136. The van der Waals surface area contributed by atoms with Crippen molar-refractivity contribution < 1.29 is 14.3 Å².